The molecule has 0 aliphatic carbocycles. The number of nitrogens with one attached hydrogen (secondary N) is 2. The van der Waals surface area contributed by atoms with Gasteiger partial charge in [-0.25, -0.2) is 12.8 Å². The third-order valence-electron chi connectivity index (χ3n) is 3.60. The molecule has 6 nitrogen and oxygen atoms in total. The maximum absolute atomic E-state index is 13.3. The normalized spacial score (nSPS) is 12.5. The van der Waals surface area contributed by atoms with E-state index in [0.717, 1.165) is 6.07 Å². The van der Waals surface area contributed by atoms with Gasteiger partial charge in [-0.2, -0.15) is 4.72 Å². The van der Waals surface area contributed by atoms with E-state index in [4.69, 9.17) is 16.3 Å². The van der Waals surface area contributed by atoms with E-state index < -0.39 is 27.8 Å². The molecule has 0 fully saturated rings. The van der Waals surface area contributed by atoms with Gasteiger partial charge in [0, 0.05) is 10.7 Å². The van der Waals surface area contributed by atoms with E-state index in [1.54, 1.807) is 6.92 Å². The number of carbonyl (C=O) groups is 1. The van der Waals surface area contributed by atoms with Gasteiger partial charge in [-0.1, -0.05) is 17.7 Å². The predicted octanol–water partition coefficient (Wildman–Crippen LogP) is 3.10. The molecule has 140 valence electrons. The number of rotatable bonds is 6. The fourth-order valence-corrected chi connectivity index (χ4v) is 3.81. The van der Waals surface area contributed by atoms with E-state index in [2.05, 4.69) is 10.0 Å². The molecular weight excluding hydrogens is 383 g/mol. The summed E-state index contributed by atoms with van der Waals surface area (Å²) in [6, 6.07) is 6.95. The molecule has 0 saturated carbocycles. The molecule has 26 heavy (non-hydrogen) atoms. The first-order chi connectivity index (χ1) is 12.1. The lowest BCUT2D eigenvalue weighted by Crippen LogP contribution is -2.41. The van der Waals surface area contributed by atoms with E-state index >= 15 is 0 Å². The van der Waals surface area contributed by atoms with Crippen molar-refractivity contribution in [2.24, 2.45) is 0 Å². The van der Waals surface area contributed by atoms with Crippen LogP contribution < -0.4 is 14.8 Å². The molecule has 2 rings (SSSR count). The second kappa shape index (κ2) is 8.03. The molecule has 0 unspecified atom stereocenters. The van der Waals surface area contributed by atoms with Crippen molar-refractivity contribution in [3.05, 3.63) is 52.8 Å². The zero-order valence-electron chi connectivity index (χ0n) is 14.3. The first kappa shape index (κ1) is 20.2. The van der Waals surface area contributed by atoms with Crippen LogP contribution in [0.4, 0.5) is 10.1 Å². The Kier molecular flexibility index (Phi) is 6.22. The van der Waals surface area contributed by atoms with Gasteiger partial charge >= 0.3 is 0 Å². The van der Waals surface area contributed by atoms with Crippen molar-refractivity contribution in [2.45, 2.75) is 24.8 Å². The summed E-state index contributed by atoms with van der Waals surface area (Å²) in [6.07, 6.45) is 0. The van der Waals surface area contributed by atoms with Crippen LogP contribution in [0.25, 0.3) is 0 Å². The van der Waals surface area contributed by atoms with E-state index in [1.165, 1.54) is 44.4 Å². The summed E-state index contributed by atoms with van der Waals surface area (Å²) in [4.78, 5) is 12.1. The molecule has 0 aliphatic rings. The van der Waals surface area contributed by atoms with Crippen molar-refractivity contribution in [3.8, 4) is 5.75 Å². The number of halogens is 2. The maximum Gasteiger partial charge on any atom is 0.245 e. The molecule has 1 amide bonds. The molecular formula is C17H18ClFN2O4S. The summed E-state index contributed by atoms with van der Waals surface area (Å²) >= 11 is 5.86. The SMILES string of the molecule is COc1ccc(Cl)cc1S(=O)(=O)N[C@H](C)C(=O)Nc1cc(F)ccc1C. The average molecular weight is 401 g/mol. The van der Waals surface area contributed by atoms with Crippen LogP contribution in [-0.2, 0) is 14.8 Å². The Hall–Kier alpha value is -2.16. The highest BCUT2D eigenvalue weighted by Crippen LogP contribution is 2.27. The molecule has 0 aromatic heterocycles. The third kappa shape index (κ3) is 4.72. The molecule has 0 spiro atoms. The summed E-state index contributed by atoms with van der Waals surface area (Å²) in [7, 11) is -2.75. The van der Waals surface area contributed by atoms with Crippen molar-refractivity contribution in [3.63, 3.8) is 0 Å². The van der Waals surface area contributed by atoms with Crippen molar-refractivity contribution in [1.29, 1.82) is 0 Å². The van der Waals surface area contributed by atoms with Gasteiger partial charge in [0.2, 0.25) is 15.9 Å². The summed E-state index contributed by atoms with van der Waals surface area (Å²) in [6.45, 7) is 3.07. The minimum absolute atomic E-state index is 0.0930. The molecule has 0 saturated heterocycles. The van der Waals surface area contributed by atoms with Crippen LogP contribution in [0.1, 0.15) is 12.5 Å². The Morgan fingerprint density at radius 2 is 1.92 bits per heavy atom. The van der Waals surface area contributed by atoms with Gasteiger partial charge < -0.3 is 10.1 Å². The molecule has 2 aromatic rings. The standard InChI is InChI=1S/C17H18ClFN2O4S/c1-10-4-6-13(19)9-14(10)20-17(22)11(2)21-26(23,24)16-8-12(18)5-7-15(16)25-3/h4-9,11,21H,1-3H3,(H,20,22)/t11-/m1/s1. The van der Waals surface area contributed by atoms with Crippen molar-refractivity contribution in [1.82, 2.24) is 4.72 Å². The summed E-state index contributed by atoms with van der Waals surface area (Å²) in [5.41, 5.74) is 0.910. The van der Waals surface area contributed by atoms with Gasteiger partial charge in [0.25, 0.3) is 0 Å². The quantitative estimate of drug-likeness (QED) is 0.780. The largest absolute Gasteiger partial charge is 0.495 e. The van der Waals surface area contributed by atoms with Gasteiger partial charge in [-0.3, -0.25) is 4.79 Å². The highest BCUT2D eigenvalue weighted by atomic mass is 35.5. The highest BCUT2D eigenvalue weighted by molar-refractivity contribution is 7.89. The smallest absolute Gasteiger partial charge is 0.245 e. The number of ether oxygens (including phenoxy) is 1. The van der Waals surface area contributed by atoms with Crippen molar-refractivity contribution >= 4 is 33.2 Å². The van der Waals surface area contributed by atoms with Gasteiger partial charge in [-0.05, 0) is 49.7 Å². The minimum atomic E-state index is -4.07. The van der Waals surface area contributed by atoms with Gasteiger partial charge in [0.05, 0.1) is 13.2 Å². The van der Waals surface area contributed by atoms with Crippen molar-refractivity contribution < 1.29 is 22.3 Å². The summed E-state index contributed by atoms with van der Waals surface area (Å²) in [5, 5.41) is 2.71. The van der Waals surface area contributed by atoms with Gasteiger partial charge in [-0.15, -0.1) is 0 Å². The number of hydrogen-bond donors (Lipinski definition) is 2. The van der Waals surface area contributed by atoms with Gasteiger partial charge in [0.1, 0.15) is 16.5 Å². The zero-order valence-corrected chi connectivity index (χ0v) is 15.9. The monoisotopic (exact) mass is 400 g/mol. The van der Waals surface area contributed by atoms with E-state index in [9.17, 15) is 17.6 Å². The predicted molar refractivity (Wildman–Crippen MR) is 97.6 cm³/mol. The Morgan fingerprint density at radius 1 is 1.23 bits per heavy atom. The molecule has 0 radical (unpaired) electrons. The topological polar surface area (TPSA) is 84.5 Å². The van der Waals surface area contributed by atoms with Crippen LogP contribution in [0.5, 0.6) is 5.75 Å². The second-order valence-corrected chi connectivity index (χ2v) is 7.71. The minimum Gasteiger partial charge on any atom is -0.495 e. The molecule has 9 heteroatoms. The number of methoxy groups -OCH3 is 1. The fraction of sp³-hybridized carbons (Fsp3) is 0.235. The number of amides is 1. The van der Waals surface area contributed by atoms with E-state index in [0.29, 0.717) is 5.56 Å². The Labute approximate surface area is 156 Å². The van der Waals surface area contributed by atoms with Crippen LogP contribution in [-0.4, -0.2) is 27.5 Å². The highest BCUT2D eigenvalue weighted by Gasteiger charge is 2.25. The number of sulfonamides is 1. The molecule has 0 aliphatic heterocycles. The zero-order chi connectivity index (χ0) is 19.5. The van der Waals surface area contributed by atoms with Crippen molar-refractivity contribution in [2.75, 3.05) is 12.4 Å². The lowest BCUT2D eigenvalue weighted by atomic mass is 10.2. The van der Waals surface area contributed by atoms with Crippen LogP contribution in [0.3, 0.4) is 0 Å². The lowest BCUT2D eigenvalue weighted by Gasteiger charge is -2.17. The molecule has 0 heterocycles. The molecule has 2 aromatic carbocycles. The molecule has 0 bridgehead atoms. The average Bonchev–Trinajstić information content (AvgIpc) is 2.57. The van der Waals surface area contributed by atoms with Crippen LogP contribution >= 0.6 is 11.6 Å². The number of hydrogen-bond acceptors (Lipinski definition) is 4. The Morgan fingerprint density at radius 3 is 2.58 bits per heavy atom. The number of carbonyl (C=O) groups excluding carboxylic acids is 1. The summed E-state index contributed by atoms with van der Waals surface area (Å²) < 4.78 is 45.7. The Balaban J connectivity index is 2.20. The van der Waals surface area contributed by atoms with E-state index in [-0.39, 0.29) is 21.4 Å². The number of anilines is 1. The Bertz CT molecular complexity index is 934. The van der Waals surface area contributed by atoms with Crippen LogP contribution in [0.2, 0.25) is 5.02 Å². The maximum atomic E-state index is 13.3. The summed E-state index contributed by atoms with van der Waals surface area (Å²) in [5.74, 6) is -1.05. The van der Waals surface area contributed by atoms with Gasteiger partial charge in [0.15, 0.2) is 0 Å². The lowest BCUT2D eigenvalue weighted by molar-refractivity contribution is -0.117. The van der Waals surface area contributed by atoms with Crippen LogP contribution in [0, 0.1) is 12.7 Å². The first-order valence-corrected chi connectivity index (χ1v) is 9.43. The molecule has 2 N–H and O–H groups in total. The first-order valence-electron chi connectivity index (χ1n) is 7.57. The number of aryl methyl sites for hydroxylation is 1. The molecule has 1 atom stereocenters. The van der Waals surface area contributed by atoms with Crippen LogP contribution in [0.15, 0.2) is 41.3 Å². The van der Waals surface area contributed by atoms with E-state index in [1.807, 2.05) is 0 Å². The number of benzene rings is 2. The second-order valence-electron chi connectivity index (χ2n) is 5.59. The fourth-order valence-electron chi connectivity index (χ4n) is 2.18. The third-order valence-corrected chi connectivity index (χ3v) is 5.39.